The molecule has 5 heteroatoms. The van der Waals surface area contributed by atoms with Crippen LogP contribution in [0.4, 0.5) is 0 Å². The number of rotatable bonds is 3. The second-order valence-electron chi connectivity index (χ2n) is 4.00. The van der Waals surface area contributed by atoms with E-state index in [4.69, 9.17) is 10.4 Å². The van der Waals surface area contributed by atoms with E-state index in [9.17, 15) is 9.59 Å². The van der Waals surface area contributed by atoms with Gasteiger partial charge in [0.05, 0.1) is 23.7 Å². The molecule has 0 atom stereocenters. The zero-order valence-electron chi connectivity index (χ0n) is 9.91. The van der Waals surface area contributed by atoms with Crippen LogP contribution in [0, 0.1) is 11.3 Å². The Labute approximate surface area is 109 Å². The number of hydrogen-bond donors (Lipinski definition) is 1. The highest BCUT2D eigenvalue weighted by Crippen LogP contribution is 2.05. The van der Waals surface area contributed by atoms with Crippen LogP contribution in [0.5, 0.6) is 0 Å². The van der Waals surface area contributed by atoms with Crippen molar-refractivity contribution in [3.63, 3.8) is 0 Å². The molecule has 19 heavy (non-hydrogen) atoms. The van der Waals surface area contributed by atoms with Gasteiger partial charge in [0, 0.05) is 12.3 Å². The average molecular weight is 254 g/mol. The molecule has 1 N–H and O–H groups in total. The van der Waals surface area contributed by atoms with Crippen LogP contribution in [-0.4, -0.2) is 15.6 Å². The number of hydrogen-bond acceptors (Lipinski definition) is 3. The van der Waals surface area contributed by atoms with E-state index in [-0.39, 0.29) is 11.1 Å². The molecule has 5 nitrogen and oxygen atoms in total. The van der Waals surface area contributed by atoms with Crippen molar-refractivity contribution in [2.75, 3.05) is 0 Å². The number of aromatic carboxylic acids is 1. The Morgan fingerprint density at radius 2 is 1.95 bits per heavy atom. The highest BCUT2D eigenvalue weighted by Gasteiger charge is 2.05. The molecule has 94 valence electrons. The van der Waals surface area contributed by atoms with Gasteiger partial charge >= 0.3 is 5.97 Å². The van der Waals surface area contributed by atoms with Gasteiger partial charge in [-0.15, -0.1) is 0 Å². The molecular weight excluding hydrogens is 244 g/mol. The maximum Gasteiger partial charge on any atom is 0.335 e. The van der Waals surface area contributed by atoms with Gasteiger partial charge in [0.2, 0.25) is 0 Å². The van der Waals surface area contributed by atoms with E-state index in [1.165, 1.54) is 16.8 Å². The normalized spacial score (nSPS) is 9.84. The summed E-state index contributed by atoms with van der Waals surface area (Å²) in [7, 11) is 0. The van der Waals surface area contributed by atoms with E-state index in [2.05, 4.69) is 0 Å². The first kappa shape index (κ1) is 12.6. The fraction of sp³-hybridized carbons (Fsp3) is 0.0714. The molecular formula is C14H10N2O3. The lowest BCUT2D eigenvalue weighted by Gasteiger charge is -2.06. The third kappa shape index (κ3) is 2.87. The Bertz CT molecular complexity index is 709. The Balaban J connectivity index is 2.26. The molecule has 0 aliphatic rings. The van der Waals surface area contributed by atoms with Crippen molar-refractivity contribution in [1.29, 1.82) is 5.26 Å². The topological polar surface area (TPSA) is 83.1 Å². The van der Waals surface area contributed by atoms with Crippen molar-refractivity contribution in [2.45, 2.75) is 6.54 Å². The summed E-state index contributed by atoms with van der Waals surface area (Å²) < 4.78 is 1.41. The third-order valence-electron chi connectivity index (χ3n) is 2.68. The summed E-state index contributed by atoms with van der Waals surface area (Å²) in [5.74, 6) is -1.12. The molecule has 0 fully saturated rings. The second kappa shape index (κ2) is 5.19. The summed E-state index contributed by atoms with van der Waals surface area (Å²) in [5.41, 5.74) is 1.02. The van der Waals surface area contributed by atoms with Crippen LogP contribution in [0.1, 0.15) is 21.5 Å². The molecule has 0 unspecified atom stereocenters. The minimum atomic E-state index is -1.12. The lowest BCUT2D eigenvalue weighted by atomic mass is 10.1. The molecule has 0 aliphatic carbocycles. The van der Waals surface area contributed by atoms with Crippen LogP contribution < -0.4 is 5.56 Å². The van der Waals surface area contributed by atoms with Crippen LogP contribution in [0.15, 0.2) is 47.4 Å². The highest BCUT2D eigenvalue weighted by atomic mass is 16.4. The Morgan fingerprint density at radius 1 is 1.26 bits per heavy atom. The smallest absolute Gasteiger partial charge is 0.335 e. The van der Waals surface area contributed by atoms with Crippen molar-refractivity contribution in [1.82, 2.24) is 4.57 Å². The summed E-state index contributed by atoms with van der Waals surface area (Å²) in [5, 5.41) is 17.5. The van der Waals surface area contributed by atoms with Crippen molar-refractivity contribution in [3.8, 4) is 6.07 Å². The number of nitrogens with zero attached hydrogens (tertiary/aromatic N) is 2. The van der Waals surface area contributed by atoms with Gasteiger partial charge in [-0.1, -0.05) is 12.1 Å². The Hall–Kier alpha value is -2.87. The minimum absolute atomic E-state index is 0.0268. The molecule has 0 spiro atoms. The number of carboxylic acid groups (broad SMARTS) is 1. The summed E-state index contributed by atoms with van der Waals surface area (Å²) in [6.07, 6.45) is 1.45. The van der Waals surface area contributed by atoms with Gasteiger partial charge in [-0.05, 0) is 23.8 Å². The molecule has 1 heterocycles. The first-order chi connectivity index (χ1) is 9.10. The predicted molar refractivity (Wildman–Crippen MR) is 67.9 cm³/mol. The molecule has 1 aromatic heterocycles. The fourth-order valence-electron chi connectivity index (χ4n) is 1.65. The molecule has 0 saturated heterocycles. The van der Waals surface area contributed by atoms with E-state index in [0.717, 1.165) is 11.6 Å². The highest BCUT2D eigenvalue weighted by molar-refractivity contribution is 5.87. The number of aromatic nitrogens is 1. The lowest BCUT2D eigenvalue weighted by Crippen LogP contribution is -2.20. The van der Waals surface area contributed by atoms with Gasteiger partial charge in [0.15, 0.2) is 0 Å². The molecule has 1 aromatic carbocycles. The van der Waals surface area contributed by atoms with E-state index in [1.54, 1.807) is 24.3 Å². The standard InChI is InChI=1S/C14H10N2O3/c15-8-10-1-3-11(4-2-10)9-16-6-5-12(14(18)19)7-13(16)17/h1-7H,9H2,(H,18,19). The van der Waals surface area contributed by atoms with E-state index < -0.39 is 5.97 Å². The maximum absolute atomic E-state index is 11.7. The van der Waals surface area contributed by atoms with Crippen molar-refractivity contribution >= 4 is 5.97 Å². The minimum Gasteiger partial charge on any atom is -0.478 e. The van der Waals surface area contributed by atoms with E-state index >= 15 is 0 Å². The Kier molecular flexibility index (Phi) is 3.44. The molecule has 0 saturated carbocycles. The zero-order chi connectivity index (χ0) is 13.8. The molecule has 0 amide bonds. The largest absolute Gasteiger partial charge is 0.478 e. The monoisotopic (exact) mass is 254 g/mol. The molecule has 0 bridgehead atoms. The predicted octanol–water partition coefficient (Wildman–Crippen LogP) is 1.47. The van der Waals surface area contributed by atoms with E-state index in [1.807, 2.05) is 6.07 Å². The Morgan fingerprint density at radius 3 is 2.47 bits per heavy atom. The third-order valence-corrected chi connectivity index (χ3v) is 2.68. The maximum atomic E-state index is 11.7. The molecule has 2 aromatic rings. The zero-order valence-corrected chi connectivity index (χ0v) is 9.91. The van der Waals surface area contributed by atoms with Gasteiger partial charge in [-0.2, -0.15) is 5.26 Å². The number of pyridine rings is 1. The van der Waals surface area contributed by atoms with E-state index in [0.29, 0.717) is 12.1 Å². The summed E-state index contributed by atoms with van der Waals surface area (Å²) in [6, 6.07) is 11.4. The van der Waals surface area contributed by atoms with Crippen molar-refractivity contribution < 1.29 is 9.90 Å². The molecule has 0 radical (unpaired) electrons. The van der Waals surface area contributed by atoms with Gasteiger partial charge in [-0.25, -0.2) is 4.79 Å². The summed E-state index contributed by atoms with van der Waals surface area (Å²) in [4.78, 5) is 22.4. The molecule has 2 rings (SSSR count). The number of benzene rings is 1. The second-order valence-corrected chi connectivity index (χ2v) is 4.00. The lowest BCUT2D eigenvalue weighted by molar-refractivity contribution is 0.0696. The number of nitriles is 1. The van der Waals surface area contributed by atoms with Crippen LogP contribution in [0.2, 0.25) is 0 Å². The number of carboxylic acids is 1. The van der Waals surface area contributed by atoms with Crippen LogP contribution in [-0.2, 0) is 6.54 Å². The first-order valence-electron chi connectivity index (χ1n) is 5.53. The summed E-state index contributed by atoms with van der Waals surface area (Å²) >= 11 is 0. The average Bonchev–Trinajstić information content (AvgIpc) is 2.41. The molecule has 0 aliphatic heterocycles. The van der Waals surface area contributed by atoms with Crippen LogP contribution in [0.3, 0.4) is 0 Å². The SMILES string of the molecule is N#Cc1ccc(Cn2ccc(C(=O)O)cc2=O)cc1. The van der Waals surface area contributed by atoms with Crippen LogP contribution >= 0.6 is 0 Å². The van der Waals surface area contributed by atoms with Gasteiger partial charge in [0.1, 0.15) is 0 Å². The van der Waals surface area contributed by atoms with Gasteiger partial charge in [-0.3, -0.25) is 4.79 Å². The van der Waals surface area contributed by atoms with Gasteiger partial charge < -0.3 is 9.67 Å². The van der Waals surface area contributed by atoms with Crippen molar-refractivity contribution in [3.05, 3.63) is 69.6 Å². The van der Waals surface area contributed by atoms with Crippen molar-refractivity contribution in [2.24, 2.45) is 0 Å². The number of carbonyl (C=O) groups is 1. The van der Waals surface area contributed by atoms with Crippen LogP contribution in [0.25, 0.3) is 0 Å². The van der Waals surface area contributed by atoms with Gasteiger partial charge in [0.25, 0.3) is 5.56 Å². The quantitative estimate of drug-likeness (QED) is 0.898. The first-order valence-corrected chi connectivity index (χ1v) is 5.53. The fourth-order valence-corrected chi connectivity index (χ4v) is 1.65. The summed E-state index contributed by atoms with van der Waals surface area (Å²) in [6.45, 7) is 0.338.